The van der Waals surface area contributed by atoms with E-state index in [1.165, 1.54) is 135 Å². The van der Waals surface area contributed by atoms with Crippen molar-refractivity contribution in [1.29, 1.82) is 0 Å². The summed E-state index contributed by atoms with van der Waals surface area (Å²) in [6.45, 7) is 5.92. The van der Waals surface area contributed by atoms with Gasteiger partial charge in [-0.2, -0.15) is 0 Å². The second-order valence-corrected chi connectivity index (χ2v) is 12.2. The third-order valence-corrected chi connectivity index (χ3v) is 8.07. The van der Waals surface area contributed by atoms with Crippen molar-refractivity contribution in [2.45, 2.75) is 192 Å². The molecule has 3 aliphatic rings. The van der Waals surface area contributed by atoms with E-state index in [2.05, 4.69) is 13.2 Å². The molecular weight excluding hydrogens is 544 g/mol. The molecular formula is C36H68O7. The molecule has 0 spiro atoms. The maximum atomic E-state index is 9.43. The molecule has 7 nitrogen and oxygen atoms in total. The first-order valence-corrected chi connectivity index (χ1v) is 17.5. The Labute approximate surface area is 263 Å². The predicted molar refractivity (Wildman–Crippen MR) is 178 cm³/mol. The number of aliphatic hydroxyl groups is 3. The van der Waals surface area contributed by atoms with E-state index in [1.54, 1.807) is 0 Å². The van der Waals surface area contributed by atoms with E-state index < -0.39 is 11.9 Å². The van der Waals surface area contributed by atoms with Crippen LogP contribution < -0.4 is 0 Å². The summed E-state index contributed by atoms with van der Waals surface area (Å²) in [7, 11) is 0. The lowest BCUT2D eigenvalue weighted by Gasteiger charge is -2.12. The Bertz CT molecular complexity index is 532. The molecule has 0 unspecified atom stereocenters. The van der Waals surface area contributed by atoms with Gasteiger partial charge in [-0.3, -0.25) is 0 Å². The lowest BCUT2D eigenvalue weighted by atomic mass is 9.99. The normalized spacial score (nSPS) is 20.5. The van der Waals surface area contributed by atoms with Gasteiger partial charge in [-0.05, 0) is 38.5 Å². The van der Waals surface area contributed by atoms with Crippen molar-refractivity contribution >= 4 is 11.9 Å². The maximum Gasteiger partial charge on any atom is 0.327 e. The summed E-state index contributed by atoms with van der Waals surface area (Å²) >= 11 is 0. The van der Waals surface area contributed by atoms with Gasteiger partial charge in [0.2, 0.25) is 0 Å². The van der Waals surface area contributed by atoms with Crippen LogP contribution in [-0.2, 0) is 9.59 Å². The Balaban J connectivity index is 0. The van der Waals surface area contributed by atoms with Gasteiger partial charge in [0.1, 0.15) is 0 Å². The lowest BCUT2D eigenvalue weighted by molar-refractivity contribution is -0.132. The third-order valence-electron chi connectivity index (χ3n) is 8.07. The van der Waals surface area contributed by atoms with Crippen molar-refractivity contribution in [3.8, 4) is 0 Å². The van der Waals surface area contributed by atoms with E-state index >= 15 is 0 Å². The zero-order valence-corrected chi connectivity index (χ0v) is 27.4. The van der Waals surface area contributed by atoms with Crippen molar-refractivity contribution < 1.29 is 35.1 Å². The summed E-state index contributed by atoms with van der Waals surface area (Å²) in [5.74, 6) is -1.96. The van der Waals surface area contributed by atoms with Crippen LogP contribution in [0.1, 0.15) is 173 Å². The molecule has 3 aliphatic carbocycles. The highest BCUT2D eigenvalue weighted by molar-refractivity contribution is 5.79. The smallest absolute Gasteiger partial charge is 0.327 e. The SMILES string of the molecule is C=CC(=O)O.C=CC(=O)O.OC1CCCCCCCCC1.OC1CCCCCCCCC1.OC1CCCCCCCCC1. The van der Waals surface area contributed by atoms with E-state index in [4.69, 9.17) is 10.2 Å². The second-order valence-electron chi connectivity index (χ2n) is 12.2. The summed E-state index contributed by atoms with van der Waals surface area (Å²) in [5.41, 5.74) is 0. The van der Waals surface area contributed by atoms with Crippen LogP contribution in [0.5, 0.6) is 0 Å². The van der Waals surface area contributed by atoms with E-state index in [-0.39, 0.29) is 18.3 Å². The van der Waals surface area contributed by atoms with Crippen molar-refractivity contribution in [2.75, 3.05) is 0 Å². The van der Waals surface area contributed by atoms with Crippen LogP contribution in [0.2, 0.25) is 0 Å². The van der Waals surface area contributed by atoms with Gasteiger partial charge < -0.3 is 25.5 Å². The van der Waals surface area contributed by atoms with Gasteiger partial charge in [0.15, 0.2) is 0 Å². The number of hydrogen-bond acceptors (Lipinski definition) is 5. The highest BCUT2D eigenvalue weighted by atomic mass is 16.4. The Kier molecular flexibility index (Phi) is 35.1. The first kappa shape index (κ1) is 43.4. The quantitative estimate of drug-likeness (QED) is 0.196. The fraction of sp³-hybridized carbons (Fsp3) is 0.833. The Hall–Kier alpha value is -1.70. The van der Waals surface area contributed by atoms with Crippen LogP contribution in [0.3, 0.4) is 0 Å². The summed E-state index contributed by atoms with van der Waals surface area (Å²) in [6, 6.07) is 0. The van der Waals surface area contributed by atoms with Crippen LogP contribution >= 0.6 is 0 Å². The second kappa shape index (κ2) is 34.8. The molecule has 3 rings (SSSR count). The van der Waals surface area contributed by atoms with Crippen LogP contribution in [0, 0.1) is 0 Å². The van der Waals surface area contributed by atoms with Crippen molar-refractivity contribution in [1.82, 2.24) is 0 Å². The average molecular weight is 613 g/mol. The molecule has 0 heterocycles. The molecule has 0 saturated heterocycles. The van der Waals surface area contributed by atoms with E-state index in [0.717, 1.165) is 50.7 Å². The van der Waals surface area contributed by atoms with Crippen LogP contribution in [-0.4, -0.2) is 55.8 Å². The molecule has 3 saturated carbocycles. The Morgan fingerprint density at radius 2 is 0.488 bits per heavy atom. The van der Waals surface area contributed by atoms with Crippen molar-refractivity contribution in [2.24, 2.45) is 0 Å². The van der Waals surface area contributed by atoms with Gasteiger partial charge in [0.25, 0.3) is 0 Å². The molecule has 0 atom stereocenters. The fourth-order valence-corrected chi connectivity index (χ4v) is 5.36. The molecule has 0 bridgehead atoms. The monoisotopic (exact) mass is 612 g/mol. The van der Waals surface area contributed by atoms with Gasteiger partial charge in [0, 0.05) is 12.2 Å². The topological polar surface area (TPSA) is 135 Å². The van der Waals surface area contributed by atoms with Gasteiger partial charge in [-0.15, -0.1) is 0 Å². The number of hydrogen-bond donors (Lipinski definition) is 5. The predicted octanol–water partition coefficient (Wildman–Crippen LogP) is 9.13. The van der Waals surface area contributed by atoms with Crippen molar-refractivity contribution in [3.63, 3.8) is 0 Å². The Morgan fingerprint density at radius 3 is 0.605 bits per heavy atom. The lowest BCUT2D eigenvalue weighted by Crippen LogP contribution is -2.06. The summed E-state index contributed by atoms with van der Waals surface area (Å²) in [4.78, 5) is 18.5. The summed E-state index contributed by atoms with van der Waals surface area (Å²) < 4.78 is 0. The van der Waals surface area contributed by atoms with Crippen LogP contribution in [0.15, 0.2) is 25.3 Å². The van der Waals surface area contributed by atoms with Crippen molar-refractivity contribution in [3.05, 3.63) is 25.3 Å². The molecule has 0 aliphatic heterocycles. The molecule has 3 fully saturated rings. The standard InChI is InChI=1S/3C10H20O.2C3H4O2/c3*11-10-8-6-4-2-1-3-5-7-9-10;2*1-2-3(4)5/h3*10-11H,1-9H2;2*2H,1H2,(H,4,5). The number of carboxylic acid groups (broad SMARTS) is 2. The molecule has 5 N–H and O–H groups in total. The fourth-order valence-electron chi connectivity index (χ4n) is 5.36. The first-order chi connectivity index (χ1) is 20.7. The largest absolute Gasteiger partial charge is 0.478 e. The zero-order chi connectivity index (χ0) is 32.4. The Morgan fingerprint density at radius 1 is 0.372 bits per heavy atom. The first-order valence-electron chi connectivity index (χ1n) is 17.5. The number of carbonyl (C=O) groups is 2. The van der Waals surface area contributed by atoms with Gasteiger partial charge >= 0.3 is 11.9 Å². The van der Waals surface area contributed by atoms with E-state index in [9.17, 15) is 24.9 Å². The number of aliphatic carboxylic acids is 2. The number of carboxylic acids is 2. The molecule has 0 radical (unpaired) electrons. The van der Waals surface area contributed by atoms with E-state index in [0.29, 0.717) is 0 Å². The minimum Gasteiger partial charge on any atom is -0.478 e. The number of rotatable bonds is 2. The molecule has 0 aromatic rings. The molecule has 7 heteroatoms. The van der Waals surface area contributed by atoms with Crippen LogP contribution in [0.25, 0.3) is 0 Å². The molecule has 254 valence electrons. The minimum absolute atomic E-state index is 0.00750. The van der Waals surface area contributed by atoms with Gasteiger partial charge in [-0.1, -0.05) is 148 Å². The summed E-state index contributed by atoms with van der Waals surface area (Å²) in [6.07, 6.45) is 35.9. The third kappa shape index (κ3) is 40.3. The molecule has 43 heavy (non-hydrogen) atoms. The molecule has 0 aromatic carbocycles. The average Bonchev–Trinajstić information content (AvgIpc) is 3.00. The highest BCUT2D eigenvalue weighted by Gasteiger charge is 2.07. The van der Waals surface area contributed by atoms with Gasteiger partial charge in [0.05, 0.1) is 18.3 Å². The molecule has 0 aromatic heterocycles. The number of aliphatic hydroxyl groups excluding tert-OH is 3. The highest BCUT2D eigenvalue weighted by Crippen LogP contribution is 2.18. The minimum atomic E-state index is -0.981. The zero-order valence-electron chi connectivity index (χ0n) is 27.4. The maximum absolute atomic E-state index is 9.43. The van der Waals surface area contributed by atoms with E-state index in [1.807, 2.05) is 0 Å². The van der Waals surface area contributed by atoms with Gasteiger partial charge in [-0.25, -0.2) is 9.59 Å². The summed E-state index contributed by atoms with van der Waals surface area (Å²) in [5, 5.41) is 43.5. The molecule has 0 amide bonds. The van der Waals surface area contributed by atoms with Crippen LogP contribution in [0.4, 0.5) is 0 Å².